The van der Waals surface area contributed by atoms with Gasteiger partial charge < -0.3 is 10.6 Å². The van der Waals surface area contributed by atoms with Crippen LogP contribution in [0.4, 0.5) is 0 Å². The summed E-state index contributed by atoms with van der Waals surface area (Å²) in [6.07, 6.45) is 5.33. The first-order valence-corrected chi connectivity index (χ1v) is 4.07. The van der Waals surface area contributed by atoms with Gasteiger partial charge in [0.05, 0.1) is 6.04 Å². The summed E-state index contributed by atoms with van der Waals surface area (Å²) < 4.78 is 0. The quantitative estimate of drug-likeness (QED) is 0.502. The number of carbonyl (C=O) groups is 1. The molecule has 0 rings (SSSR count). The van der Waals surface area contributed by atoms with Gasteiger partial charge in [-0.2, -0.15) is 0 Å². The smallest absolute Gasteiger partial charge is 0.240 e. The molecule has 13 heavy (non-hydrogen) atoms. The molecule has 1 unspecified atom stereocenters. The van der Waals surface area contributed by atoms with Crippen molar-refractivity contribution in [1.82, 2.24) is 4.90 Å². The van der Waals surface area contributed by atoms with Gasteiger partial charge in [-0.25, -0.2) is 0 Å². The van der Waals surface area contributed by atoms with Crippen LogP contribution in [0.15, 0.2) is 12.2 Å². The minimum Gasteiger partial charge on any atom is -0.340 e. The van der Waals surface area contributed by atoms with Crippen LogP contribution in [0.25, 0.3) is 0 Å². The van der Waals surface area contributed by atoms with Gasteiger partial charge in [0.2, 0.25) is 5.91 Å². The number of nitrogens with zero attached hydrogens (tertiary/aromatic N) is 1. The van der Waals surface area contributed by atoms with Crippen molar-refractivity contribution in [2.24, 2.45) is 5.73 Å². The summed E-state index contributed by atoms with van der Waals surface area (Å²) in [5, 5.41) is 0. The van der Waals surface area contributed by atoms with Crippen molar-refractivity contribution < 1.29 is 4.79 Å². The van der Waals surface area contributed by atoms with Crippen molar-refractivity contribution in [2.75, 3.05) is 13.6 Å². The van der Waals surface area contributed by atoms with Crippen LogP contribution in [0, 0.1) is 12.3 Å². The molecule has 72 valence electrons. The van der Waals surface area contributed by atoms with Gasteiger partial charge >= 0.3 is 0 Å². The average Bonchev–Trinajstić information content (AvgIpc) is 2.02. The maximum absolute atomic E-state index is 11.4. The molecule has 1 atom stereocenters. The third-order valence-electron chi connectivity index (χ3n) is 1.54. The van der Waals surface area contributed by atoms with E-state index in [1.807, 2.05) is 6.92 Å². The van der Waals surface area contributed by atoms with E-state index in [1.54, 1.807) is 7.05 Å². The highest BCUT2D eigenvalue weighted by molar-refractivity contribution is 5.81. The monoisotopic (exact) mass is 180 g/mol. The van der Waals surface area contributed by atoms with Crippen molar-refractivity contribution in [3.8, 4) is 12.3 Å². The van der Waals surface area contributed by atoms with Crippen molar-refractivity contribution in [2.45, 2.75) is 19.4 Å². The van der Waals surface area contributed by atoms with Crippen LogP contribution in [0.1, 0.15) is 13.3 Å². The van der Waals surface area contributed by atoms with E-state index in [4.69, 9.17) is 12.2 Å². The molecule has 2 N–H and O–H groups in total. The summed E-state index contributed by atoms with van der Waals surface area (Å²) >= 11 is 0. The van der Waals surface area contributed by atoms with Crippen LogP contribution in [0.5, 0.6) is 0 Å². The normalized spacial score (nSPS) is 11.5. The molecule has 0 aliphatic heterocycles. The highest BCUT2D eigenvalue weighted by atomic mass is 16.2. The van der Waals surface area contributed by atoms with Gasteiger partial charge in [-0.1, -0.05) is 12.2 Å². The molecule has 0 heterocycles. The third kappa shape index (κ3) is 4.34. The van der Waals surface area contributed by atoms with Gasteiger partial charge in [0, 0.05) is 20.0 Å². The Labute approximate surface area is 79.6 Å². The lowest BCUT2D eigenvalue weighted by molar-refractivity contribution is -0.130. The van der Waals surface area contributed by atoms with E-state index in [0.29, 0.717) is 6.54 Å². The lowest BCUT2D eigenvalue weighted by Gasteiger charge is -2.20. The molecular formula is C10H16N2O. The number of rotatable bonds is 4. The molecule has 0 bridgehead atoms. The van der Waals surface area contributed by atoms with Crippen molar-refractivity contribution in [3.05, 3.63) is 12.2 Å². The van der Waals surface area contributed by atoms with E-state index in [-0.39, 0.29) is 12.3 Å². The first kappa shape index (κ1) is 11.7. The fourth-order valence-corrected chi connectivity index (χ4v) is 0.980. The average molecular weight is 180 g/mol. The van der Waals surface area contributed by atoms with Crippen LogP contribution in [0.2, 0.25) is 0 Å². The van der Waals surface area contributed by atoms with Gasteiger partial charge in [-0.3, -0.25) is 4.79 Å². The zero-order valence-electron chi connectivity index (χ0n) is 8.21. The van der Waals surface area contributed by atoms with E-state index in [1.165, 1.54) is 4.90 Å². The summed E-state index contributed by atoms with van der Waals surface area (Å²) in [6, 6.07) is -0.589. The maximum atomic E-state index is 11.4. The zero-order valence-corrected chi connectivity index (χ0v) is 8.21. The molecule has 0 aromatic rings. The summed E-state index contributed by atoms with van der Waals surface area (Å²) in [7, 11) is 1.69. The van der Waals surface area contributed by atoms with Crippen molar-refractivity contribution in [1.29, 1.82) is 0 Å². The highest BCUT2D eigenvalue weighted by Crippen LogP contribution is 1.97. The Kier molecular flexibility index (Phi) is 4.86. The molecule has 0 aliphatic rings. The lowest BCUT2D eigenvalue weighted by atomic mass is 10.2. The molecule has 0 aromatic carbocycles. The lowest BCUT2D eigenvalue weighted by Crippen LogP contribution is -2.42. The van der Waals surface area contributed by atoms with Crippen molar-refractivity contribution >= 4 is 5.91 Å². The fourth-order valence-electron chi connectivity index (χ4n) is 0.980. The number of nitrogens with two attached hydrogens (primary N) is 1. The molecule has 0 aliphatic carbocycles. The molecule has 0 aromatic heterocycles. The minimum atomic E-state index is -0.589. The second-order valence-electron chi connectivity index (χ2n) is 3.17. The predicted octanol–water partition coefficient (Wildman–Crippen LogP) is 0.371. The molecule has 0 spiro atoms. The van der Waals surface area contributed by atoms with Crippen LogP contribution in [-0.4, -0.2) is 30.4 Å². The zero-order chi connectivity index (χ0) is 10.4. The Morgan fingerprint density at radius 1 is 1.77 bits per heavy atom. The van der Waals surface area contributed by atoms with Gasteiger partial charge in [-0.15, -0.1) is 12.3 Å². The molecular weight excluding hydrogens is 164 g/mol. The summed E-state index contributed by atoms with van der Waals surface area (Å²) in [5.74, 6) is 2.22. The molecule has 0 saturated heterocycles. The number of hydrogen-bond donors (Lipinski definition) is 1. The van der Waals surface area contributed by atoms with Gasteiger partial charge in [0.1, 0.15) is 0 Å². The number of likely N-dealkylation sites (N-methyl/N-ethyl adjacent to an activating group) is 1. The molecule has 1 amide bonds. The molecule has 3 heteroatoms. The van der Waals surface area contributed by atoms with E-state index in [9.17, 15) is 4.79 Å². The first-order chi connectivity index (χ1) is 5.99. The molecule has 3 nitrogen and oxygen atoms in total. The Balaban J connectivity index is 4.10. The topological polar surface area (TPSA) is 46.3 Å². The SMILES string of the molecule is C#CCC(N)C(=O)N(C)CC(=C)C. The van der Waals surface area contributed by atoms with Crippen LogP contribution in [-0.2, 0) is 4.79 Å². The summed E-state index contributed by atoms with van der Waals surface area (Å²) in [6.45, 7) is 6.09. The molecule has 0 fully saturated rings. The molecule has 0 saturated carbocycles. The number of amides is 1. The summed E-state index contributed by atoms with van der Waals surface area (Å²) in [4.78, 5) is 13.0. The largest absolute Gasteiger partial charge is 0.340 e. The van der Waals surface area contributed by atoms with Gasteiger partial charge in [0.15, 0.2) is 0 Å². The van der Waals surface area contributed by atoms with Crippen LogP contribution >= 0.6 is 0 Å². The van der Waals surface area contributed by atoms with Crippen molar-refractivity contribution in [3.63, 3.8) is 0 Å². The first-order valence-electron chi connectivity index (χ1n) is 4.07. The number of terminal acetylenes is 1. The van der Waals surface area contributed by atoms with Gasteiger partial charge in [-0.05, 0) is 6.92 Å². The predicted molar refractivity (Wildman–Crippen MR) is 53.9 cm³/mol. The van der Waals surface area contributed by atoms with Gasteiger partial charge in [0.25, 0.3) is 0 Å². The van der Waals surface area contributed by atoms with E-state index in [2.05, 4.69) is 12.5 Å². The second-order valence-corrected chi connectivity index (χ2v) is 3.17. The van der Waals surface area contributed by atoms with Crippen LogP contribution < -0.4 is 5.73 Å². The number of carbonyl (C=O) groups excluding carboxylic acids is 1. The Morgan fingerprint density at radius 3 is 2.69 bits per heavy atom. The van der Waals surface area contributed by atoms with E-state index < -0.39 is 6.04 Å². The Hall–Kier alpha value is -1.27. The second kappa shape index (κ2) is 5.39. The molecule has 0 radical (unpaired) electrons. The standard InChI is InChI=1S/C10H16N2O/c1-5-6-9(11)10(13)12(4)7-8(2)3/h1,9H,2,6-7,11H2,3-4H3. The fraction of sp³-hybridized carbons (Fsp3) is 0.500. The van der Waals surface area contributed by atoms with E-state index >= 15 is 0 Å². The maximum Gasteiger partial charge on any atom is 0.240 e. The highest BCUT2D eigenvalue weighted by Gasteiger charge is 2.16. The summed E-state index contributed by atoms with van der Waals surface area (Å²) in [5.41, 5.74) is 6.46. The Morgan fingerprint density at radius 2 is 2.31 bits per heavy atom. The minimum absolute atomic E-state index is 0.138. The van der Waals surface area contributed by atoms with E-state index in [0.717, 1.165) is 5.57 Å². The number of hydrogen-bond acceptors (Lipinski definition) is 2. The third-order valence-corrected chi connectivity index (χ3v) is 1.54. The Bertz CT molecular complexity index is 240. The van der Waals surface area contributed by atoms with Crippen LogP contribution in [0.3, 0.4) is 0 Å².